The zero-order chi connectivity index (χ0) is 17.1. The van der Waals surface area contributed by atoms with Gasteiger partial charge in [-0.1, -0.05) is 18.2 Å². The summed E-state index contributed by atoms with van der Waals surface area (Å²) in [7, 11) is 1.60. The summed E-state index contributed by atoms with van der Waals surface area (Å²) in [5.74, 6) is 0.481. The Morgan fingerprint density at radius 2 is 2.08 bits per heavy atom. The van der Waals surface area contributed by atoms with Crippen LogP contribution in [0.3, 0.4) is 0 Å². The van der Waals surface area contributed by atoms with Gasteiger partial charge in [0.25, 0.3) is 5.91 Å². The van der Waals surface area contributed by atoms with Gasteiger partial charge in [0.15, 0.2) is 0 Å². The van der Waals surface area contributed by atoms with Gasteiger partial charge in [-0.15, -0.1) is 0 Å². The van der Waals surface area contributed by atoms with Gasteiger partial charge < -0.3 is 9.72 Å². The second kappa shape index (κ2) is 7.04. The van der Waals surface area contributed by atoms with Crippen molar-refractivity contribution in [3.63, 3.8) is 0 Å². The fourth-order valence-corrected chi connectivity index (χ4v) is 3.23. The number of carbonyl (C=O) groups is 1. The molecule has 1 aromatic heterocycles. The number of nitrogens with one attached hydrogen (secondary N) is 2. The van der Waals surface area contributed by atoms with Crippen molar-refractivity contribution in [1.82, 2.24) is 10.4 Å². The van der Waals surface area contributed by atoms with Crippen LogP contribution in [0, 0.1) is 10.5 Å². The molecule has 2 N–H and O–H groups in total. The van der Waals surface area contributed by atoms with E-state index in [1.54, 1.807) is 31.5 Å². The normalized spacial score (nSPS) is 11.1. The zero-order valence-corrected chi connectivity index (χ0v) is 15.4. The van der Waals surface area contributed by atoms with E-state index in [0.717, 1.165) is 31.5 Å². The Hall–Kier alpha value is -2.35. The lowest BCUT2D eigenvalue weighted by Crippen LogP contribution is -2.17. The van der Waals surface area contributed by atoms with E-state index in [0.29, 0.717) is 5.56 Å². The van der Waals surface area contributed by atoms with Gasteiger partial charge in [0.05, 0.1) is 16.9 Å². The van der Waals surface area contributed by atoms with Gasteiger partial charge >= 0.3 is 0 Å². The molecule has 24 heavy (non-hydrogen) atoms. The van der Waals surface area contributed by atoms with Crippen molar-refractivity contribution in [2.75, 3.05) is 7.11 Å². The lowest BCUT2D eigenvalue weighted by Gasteiger charge is -2.05. The SMILES string of the molecule is COc1ccc(C(=O)N/N=C/c2c(C)[nH]c3ccccc23)cc1I. The minimum atomic E-state index is -0.260. The minimum absolute atomic E-state index is 0.260. The topological polar surface area (TPSA) is 66.5 Å². The van der Waals surface area contributed by atoms with Crippen molar-refractivity contribution in [3.8, 4) is 5.75 Å². The van der Waals surface area contributed by atoms with Crippen LogP contribution < -0.4 is 10.2 Å². The van der Waals surface area contributed by atoms with Crippen LogP contribution in [0.25, 0.3) is 10.9 Å². The average molecular weight is 433 g/mol. The second-order valence-corrected chi connectivity index (χ2v) is 6.42. The number of halogens is 1. The number of carbonyl (C=O) groups excluding carboxylic acids is 1. The number of ether oxygens (including phenoxy) is 1. The number of fused-ring (bicyclic) bond motifs is 1. The summed E-state index contributed by atoms with van der Waals surface area (Å²) >= 11 is 2.13. The molecule has 5 nitrogen and oxygen atoms in total. The summed E-state index contributed by atoms with van der Waals surface area (Å²) in [5, 5.41) is 5.17. The summed E-state index contributed by atoms with van der Waals surface area (Å²) < 4.78 is 6.07. The van der Waals surface area contributed by atoms with E-state index in [-0.39, 0.29) is 5.91 Å². The molecule has 2 aromatic carbocycles. The van der Waals surface area contributed by atoms with Crippen LogP contribution in [0.2, 0.25) is 0 Å². The Bertz CT molecular complexity index is 931. The Morgan fingerprint density at radius 3 is 2.83 bits per heavy atom. The largest absolute Gasteiger partial charge is 0.496 e. The molecule has 3 aromatic rings. The lowest BCUT2D eigenvalue weighted by atomic mass is 10.1. The number of rotatable bonds is 4. The predicted octanol–water partition coefficient (Wildman–Crippen LogP) is 3.85. The molecule has 0 atom stereocenters. The summed E-state index contributed by atoms with van der Waals surface area (Å²) in [6, 6.07) is 13.2. The number of H-pyrrole nitrogens is 1. The number of benzene rings is 2. The highest BCUT2D eigenvalue weighted by molar-refractivity contribution is 14.1. The molecule has 6 heteroatoms. The number of hydrogen-bond acceptors (Lipinski definition) is 3. The molecule has 0 radical (unpaired) electrons. The first kappa shape index (κ1) is 16.5. The van der Waals surface area contributed by atoms with Crippen molar-refractivity contribution in [2.45, 2.75) is 6.92 Å². The van der Waals surface area contributed by atoms with E-state index < -0.39 is 0 Å². The molecule has 0 aliphatic rings. The molecule has 0 spiro atoms. The number of hydrazone groups is 1. The lowest BCUT2D eigenvalue weighted by molar-refractivity contribution is 0.0955. The first-order chi connectivity index (χ1) is 11.6. The molecule has 3 rings (SSSR count). The molecule has 1 amide bonds. The highest BCUT2D eigenvalue weighted by Gasteiger charge is 2.09. The number of aryl methyl sites for hydroxylation is 1. The maximum Gasteiger partial charge on any atom is 0.271 e. The highest BCUT2D eigenvalue weighted by Crippen LogP contribution is 2.22. The molecule has 1 heterocycles. The van der Waals surface area contributed by atoms with Crippen molar-refractivity contribution in [2.24, 2.45) is 5.10 Å². The molecule has 0 bridgehead atoms. The van der Waals surface area contributed by atoms with E-state index in [1.807, 2.05) is 31.2 Å². The highest BCUT2D eigenvalue weighted by atomic mass is 127. The summed E-state index contributed by atoms with van der Waals surface area (Å²) in [4.78, 5) is 15.5. The van der Waals surface area contributed by atoms with E-state index in [9.17, 15) is 4.79 Å². The first-order valence-corrected chi connectivity index (χ1v) is 8.42. The van der Waals surface area contributed by atoms with Gasteiger partial charge in [0.2, 0.25) is 0 Å². The van der Waals surface area contributed by atoms with Gasteiger partial charge in [0.1, 0.15) is 5.75 Å². The average Bonchev–Trinajstić information content (AvgIpc) is 2.90. The number of nitrogens with zero attached hydrogens (tertiary/aromatic N) is 1. The van der Waals surface area contributed by atoms with Crippen LogP contribution in [0.5, 0.6) is 5.75 Å². The molecule has 0 saturated heterocycles. The second-order valence-electron chi connectivity index (χ2n) is 5.26. The third-order valence-electron chi connectivity index (χ3n) is 3.72. The first-order valence-electron chi connectivity index (χ1n) is 7.34. The Morgan fingerprint density at radius 1 is 1.29 bits per heavy atom. The molecular formula is C18H16IN3O2. The van der Waals surface area contributed by atoms with Crippen LogP contribution in [0.4, 0.5) is 0 Å². The maximum atomic E-state index is 12.2. The molecular weight excluding hydrogens is 417 g/mol. The summed E-state index contributed by atoms with van der Waals surface area (Å²) in [5.41, 5.74) is 6.13. The standard InChI is InChI=1S/C18H16IN3O2/c1-11-14(13-5-3-4-6-16(13)21-11)10-20-22-18(23)12-7-8-17(24-2)15(19)9-12/h3-10,21H,1-2H3,(H,22,23)/b20-10+. The number of amides is 1. The molecule has 0 fully saturated rings. The fourth-order valence-electron chi connectivity index (χ4n) is 2.49. The number of hydrogen-bond donors (Lipinski definition) is 2. The third-order valence-corrected chi connectivity index (χ3v) is 4.56. The molecule has 0 aliphatic carbocycles. The molecule has 122 valence electrons. The molecule has 0 saturated carbocycles. The number of aromatic amines is 1. The Balaban J connectivity index is 1.77. The van der Waals surface area contributed by atoms with Gasteiger partial charge in [-0.3, -0.25) is 4.79 Å². The van der Waals surface area contributed by atoms with Crippen molar-refractivity contribution < 1.29 is 9.53 Å². The van der Waals surface area contributed by atoms with Crippen molar-refractivity contribution in [3.05, 3.63) is 62.9 Å². The van der Waals surface area contributed by atoms with Crippen molar-refractivity contribution >= 4 is 45.6 Å². The number of aromatic nitrogens is 1. The van der Waals surface area contributed by atoms with Crippen LogP contribution in [-0.4, -0.2) is 24.2 Å². The van der Waals surface area contributed by atoms with Crippen LogP contribution in [-0.2, 0) is 0 Å². The van der Waals surface area contributed by atoms with E-state index >= 15 is 0 Å². The quantitative estimate of drug-likeness (QED) is 0.373. The van der Waals surface area contributed by atoms with Crippen LogP contribution in [0.15, 0.2) is 47.6 Å². The van der Waals surface area contributed by atoms with Gasteiger partial charge in [-0.2, -0.15) is 5.10 Å². The zero-order valence-electron chi connectivity index (χ0n) is 13.3. The van der Waals surface area contributed by atoms with Gasteiger partial charge in [0, 0.05) is 27.7 Å². The van der Waals surface area contributed by atoms with E-state index in [1.165, 1.54) is 0 Å². The minimum Gasteiger partial charge on any atom is -0.496 e. The monoisotopic (exact) mass is 433 g/mol. The fraction of sp³-hybridized carbons (Fsp3) is 0.111. The van der Waals surface area contributed by atoms with Crippen LogP contribution >= 0.6 is 22.6 Å². The van der Waals surface area contributed by atoms with Gasteiger partial charge in [-0.05, 0) is 53.8 Å². The summed E-state index contributed by atoms with van der Waals surface area (Å²) in [6.45, 7) is 1.98. The van der Waals surface area contributed by atoms with Gasteiger partial charge in [-0.25, -0.2) is 5.43 Å². The Kier molecular flexibility index (Phi) is 4.84. The number of para-hydroxylation sites is 1. The predicted molar refractivity (Wildman–Crippen MR) is 104 cm³/mol. The van der Waals surface area contributed by atoms with E-state index in [4.69, 9.17) is 4.74 Å². The smallest absolute Gasteiger partial charge is 0.271 e. The molecule has 0 aliphatic heterocycles. The number of methoxy groups -OCH3 is 1. The van der Waals surface area contributed by atoms with Crippen LogP contribution in [0.1, 0.15) is 21.6 Å². The third kappa shape index (κ3) is 3.28. The molecule has 0 unspecified atom stereocenters. The van der Waals surface area contributed by atoms with E-state index in [2.05, 4.69) is 38.1 Å². The summed E-state index contributed by atoms with van der Waals surface area (Å²) in [6.07, 6.45) is 1.67. The van der Waals surface area contributed by atoms with Crippen molar-refractivity contribution in [1.29, 1.82) is 0 Å². The maximum absolute atomic E-state index is 12.2. The Labute approximate surface area is 153 Å².